The Labute approximate surface area is 164 Å². The highest BCUT2D eigenvalue weighted by atomic mass is 16.3. The molecule has 0 aliphatic heterocycles. The van der Waals surface area contributed by atoms with E-state index in [0.717, 1.165) is 16.3 Å². The van der Waals surface area contributed by atoms with Crippen molar-refractivity contribution in [3.63, 3.8) is 0 Å². The molecule has 0 bridgehead atoms. The minimum Gasteiger partial charge on any atom is -0.512 e. The quantitative estimate of drug-likeness (QED) is 0.759. The summed E-state index contributed by atoms with van der Waals surface area (Å²) in [7, 11) is 0. The Bertz CT molecular complexity index is 1140. The highest BCUT2D eigenvalue weighted by molar-refractivity contribution is 6.03. The van der Waals surface area contributed by atoms with Crippen LogP contribution in [0.1, 0.15) is 38.2 Å². The number of rotatable bonds is 1. The predicted molar refractivity (Wildman–Crippen MR) is 106 cm³/mol. The molecule has 2 aliphatic carbocycles. The van der Waals surface area contributed by atoms with E-state index < -0.39 is 16.7 Å². The van der Waals surface area contributed by atoms with Gasteiger partial charge < -0.3 is 5.11 Å². The van der Waals surface area contributed by atoms with Crippen LogP contribution in [0.2, 0.25) is 0 Å². The third kappa shape index (κ3) is 2.53. The first-order valence-electron chi connectivity index (χ1n) is 9.31. The SMILES string of the molecule is CC1(C)C=C2C(=C(O)C[C@H](c3ccc4ccccc4c3)C2(C#N)C#N)C(=O)C1. The Morgan fingerprint density at radius 1 is 1.07 bits per heavy atom. The lowest BCUT2D eigenvalue weighted by Crippen LogP contribution is -2.39. The molecule has 28 heavy (non-hydrogen) atoms. The number of ketones is 1. The third-order valence-electron chi connectivity index (χ3n) is 5.86. The van der Waals surface area contributed by atoms with Gasteiger partial charge in [0.1, 0.15) is 5.76 Å². The van der Waals surface area contributed by atoms with Gasteiger partial charge >= 0.3 is 0 Å². The van der Waals surface area contributed by atoms with E-state index >= 15 is 0 Å². The number of carbonyl (C=O) groups excluding carboxylic acids is 1. The summed E-state index contributed by atoms with van der Waals surface area (Å²) in [6.45, 7) is 3.82. The third-order valence-corrected chi connectivity index (χ3v) is 5.86. The molecule has 4 heteroatoms. The van der Waals surface area contributed by atoms with Crippen LogP contribution in [0.15, 0.2) is 65.4 Å². The van der Waals surface area contributed by atoms with Crippen molar-refractivity contribution in [1.29, 1.82) is 10.5 Å². The van der Waals surface area contributed by atoms with Gasteiger partial charge in [0.15, 0.2) is 11.2 Å². The molecule has 0 unspecified atom stereocenters. The highest BCUT2D eigenvalue weighted by Crippen LogP contribution is 2.55. The first-order valence-corrected chi connectivity index (χ1v) is 9.31. The fourth-order valence-corrected chi connectivity index (χ4v) is 4.52. The van der Waals surface area contributed by atoms with Crippen LogP contribution in [0.4, 0.5) is 0 Å². The maximum atomic E-state index is 12.7. The van der Waals surface area contributed by atoms with Gasteiger partial charge in [0.05, 0.1) is 17.7 Å². The normalized spacial score (nSPS) is 22.8. The van der Waals surface area contributed by atoms with E-state index in [1.807, 2.05) is 62.4 Å². The molecule has 0 aromatic heterocycles. The second-order valence-electron chi connectivity index (χ2n) is 8.36. The largest absolute Gasteiger partial charge is 0.512 e. The van der Waals surface area contributed by atoms with Crippen molar-refractivity contribution in [2.75, 3.05) is 0 Å². The Hall–Kier alpha value is -3.37. The van der Waals surface area contributed by atoms with Gasteiger partial charge in [0.25, 0.3) is 0 Å². The van der Waals surface area contributed by atoms with Crippen LogP contribution >= 0.6 is 0 Å². The molecular weight excluding hydrogens is 348 g/mol. The Morgan fingerprint density at radius 3 is 2.43 bits per heavy atom. The topological polar surface area (TPSA) is 84.9 Å². The average Bonchev–Trinajstić information content (AvgIpc) is 2.66. The summed E-state index contributed by atoms with van der Waals surface area (Å²) in [5.74, 6) is -0.776. The van der Waals surface area contributed by atoms with E-state index in [4.69, 9.17) is 0 Å². The number of fused-ring (bicyclic) bond motifs is 2. The maximum Gasteiger partial charge on any atom is 0.176 e. The summed E-state index contributed by atoms with van der Waals surface area (Å²) in [6.07, 6.45) is 2.18. The lowest BCUT2D eigenvalue weighted by atomic mass is 9.58. The van der Waals surface area contributed by atoms with Gasteiger partial charge in [0, 0.05) is 18.8 Å². The van der Waals surface area contributed by atoms with Crippen LogP contribution in [0.5, 0.6) is 0 Å². The van der Waals surface area contributed by atoms with E-state index in [0.29, 0.717) is 5.57 Å². The summed E-state index contributed by atoms with van der Waals surface area (Å²) >= 11 is 0. The van der Waals surface area contributed by atoms with E-state index in [1.54, 1.807) is 0 Å². The van der Waals surface area contributed by atoms with Crippen molar-refractivity contribution in [2.24, 2.45) is 10.8 Å². The molecule has 138 valence electrons. The number of hydrogen-bond donors (Lipinski definition) is 1. The van der Waals surface area contributed by atoms with Crippen molar-refractivity contribution < 1.29 is 9.90 Å². The van der Waals surface area contributed by atoms with Crippen molar-refractivity contribution in [1.82, 2.24) is 0 Å². The molecule has 1 atom stereocenters. The second-order valence-corrected chi connectivity index (χ2v) is 8.36. The van der Waals surface area contributed by atoms with Crippen LogP contribution in [-0.4, -0.2) is 10.9 Å². The number of nitrogens with zero attached hydrogens (tertiary/aromatic N) is 2. The van der Waals surface area contributed by atoms with Crippen molar-refractivity contribution in [3.8, 4) is 12.1 Å². The number of nitriles is 2. The zero-order valence-electron chi connectivity index (χ0n) is 15.9. The van der Waals surface area contributed by atoms with Gasteiger partial charge in [-0.3, -0.25) is 4.79 Å². The van der Waals surface area contributed by atoms with E-state index in [2.05, 4.69) is 12.1 Å². The molecule has 0 spiro atoms. The Balaban J connectivity index is 1.97. The highest BCUT2D eigenvalue weighted by Gasteiger charge is 2.53. The van der Waals surface area contributed by atoms with Gasteiger partial charge in [-0.1, -0.05) is 62.4 Å². The fraction of sp³-hybridized carbons (Fsp3) is 0.292. The summed E-state index contributed by atoms with van der Waals surface area (Å²) in [4.78, 5) is 12.7. The lowest BCUT2D eigenvalue weighted by Gasteiger charge is -2.41. The number of benzene rings is 2. The molecule has 2 aromatic rings. The summed E-state index contributed by atoms with van der Waals surface area (Å²) < 4.78 is 0. The summed E-state index contributed by atoms with van der Waals surface area (Å²) in [5.41, 5.74) is -0.651. The number of allylic oxidation sites excluding steroid dienone is 4. The minimum atomic E-state index is -1.52. The Kier molecular flexibility index (Phi) is 3.91. The molecule has 0 heterocycles. The second kappa shape index (κ2) is 6.08. The monoisotopic (exact) mass is 368 g/mol. The molecule has 0 saturated carbocycles. The molecule has 4 nitrogen and oxygen atoms in total. The standard InChI is InChI=1S/C24H20N2O2/c1-23(2)11-19-22(21(28)12-23)20(27)10-18(24(19,13-25)14-26)17-8-7-15-5-3-4-6-16(15)9-17/h3-9,11,18,27H,10,12H2,1-2H3/t18-/m1/s1. The van der Waals surface area contributed by atoms with Gasteiger partial charge in [-0.15, -0.1) is 0 Å². The van der Waals surface area contributed by atoms with Crippen LogP contribution in [0, 0.1) is 33.5 Å². The smallest absolute Gasteiger partial charge is 0.176 e. The molecule has 4 rings (SSSR count). The van der Waals surface area contributed by atoms with Crippen molar-refractivity contribution >= 4 is 16.6 Å². The van der Waals surface area contributed by atoms with E-state index in [9.17, 15) is 20.4 Å². The van der Waals surface area contributed by atoms with Gasteiger partial charge in [0.2, 0.25) is 0 Å². The first-order chi connectivity index (χ1) is 13.3. The van der Waals surface area contributed by atoms with Crippen LogP contribution < -0.4 is 0 Å². The van der Waals surface area contributed by atoms with Gasteiger partial charge in [-0.25, -0.2) is 0 Å². The number of hydrogen-bond acceptors (Lipinski definition) is 4. The predicted octanol–water partition coefficient (Wildman–Crippen LogP) is 5.10. The van der Waals surface area contributed by atoms with Crippen LogP contribution in [-0.2, 0) is 4.79 Å². The van der Waals surface area contributed by atoms with Crippen molar-refractivity contribution in [2.45, 2.75) is 32.6 Å². The first kappa shape index (κ1) is 18.0. The zero-order chi connectivity index (χ0) is 20.1. The molecule has 2 aromatic carbocycles. The maximum absolute atomic E-state index is 12.7. The number of carbonyl (C=O) groups is 1. The molecule has 1 N–H and O–H groups in total. The fourth-order valence-electron chi connectivity index (χ4n) is 4.52. The number of Topliss-reactive ketones (excluding diaryl/α,β-unsaturated/α-hetero) is 1. The van der Waals surface area contributed by atoms with E-state index in [-0.39, 0.29) is 30.0 Å². The van der Waals surface area contributed by atoms with Crippen LogP contribution in [0.3, 0.4) is 0 Å². The van der Waals surface area contributed by atoms with E-state index in [1.165, 1.54) is 0 Å². The Morgan fingerprint density at radius 2 is 1.75 bits per heavy atom. The molecular formula is C24H20N2O2. The molecule has 2 aliphatic rings. The average molecular weight is 368 g/mol. The number of aliphatic hydroxyl groups is 1. The summed E-state index contributed by atoms with van der Waals surface area (Å²) in [6, 6.07) is 18.2. The van der Waals surface area contributed by atoms with Crippen molar-refractivity contribution in [3.05, 3.63) is 71.0 Å². The number of aliphatic hydroxyl groups excluding tert-OH is 1. The van der Waals surface area contributed by atoms with Crippen LogP contribution in [0.25, 0.3) is 10.8 Å². The minimum absolute atomic E-state index is 0.0222. The molecule has 0 saturated heterocycles. The van der Waals surface area contributed by atoms with Gasteiger partial charge in [-0.2, -0.15) is 10.5 Å². The molecule has 0 radical (unpaired) electrons. The lowest BCUT2D eigenvalue weighted by molar-refractivity contribution is -0.117. The van der Waals surface area contributed by atoms with Gasteiger partial charge in [-0.05, 0) is 27.3 Å². The summed E-state index contributed by atoms with van der Waals surface area (Å²) in [5, 5.41) is 33.1. The molecule has 0 amide bonds. The zero-order valence-corrected chi connectivity index (χ0v) is 15.9. The molecule has 0 fully saturated rings.